The summed E-state index contributed by atoms with van der Waals surface area (Å²) in [7, 11) is 2.09. The SMILES string of the molecule is CCNC(=NCC(c1ccc(C)cc1)N1CCOCC1)N(C)CCOCC1CC1.I. The van der Waals surface area contributed by atoms with Gasteiger partial charge in [-0.3, -0.25) is 9.89 Å². The predicted molar refractivity (Wildman–Crippen MR) is 134 cm³/mol. The maximum Gasteiger partial charge on any atom is 0.193 e. The molecule has 0 radical (unpaired) electrons. The lowest BCUT2D eigenvalue weighted by molar-refractivity contribution is 0.0179. The molecule has 1 aromatic carbocycles. The van der Waals surface area contributed by atoms with Crippen molar-refractivity contribution in [1.29, 1.82) is 0 Å². The standard InChI is InChI=1S/C23H38N4O2.HI/c1-4-24-23(26(3)11-14-29-18-20-7-8-20)25-17-22(27-12-15-28-16-13-27)21-9-5-19(2)6-10-21;/h5-6,9-10,20,22H,4,7-8,11-18H2,1-3H3,(H,24,25);1H. The van der Waals surface area contributed by atoms with Crippen LogP contribution in [0.15, 0.2) is 29.3 Å². The van der Waals surface area contributed by atoms with Gasteiger partial charge in [0, 0.05) is 39.8 Å². The number of rotatable bonds is 10. The Morgan fingerprint density at radius 1 is 1.27 bits per heavy atom. The lowest BCUT2D eigenvalue weighted by Crippen LogP contribution is -2.43. The Morgan fingerprint density at radius 3 is 2.60 bits per heavy atom. The van der Waals surface area contributed by atoms with Gasteiger partial charge in [0.25, 0.3) is 0 Å². The van der Waals surface area contributed by atoms with Gasteiger partial charge in [0.2, 0.25) is 0 Å². The monoisotopic (exact) mass is 530 g/mol. The summed E-state index contributed by atoms with van der Waals surface area (Å²) < 4.78 is 11.4. The molecule has 2 fully saturated rings. The number of nitrogens with zero attached hydrogens (tertiary/aromatic N) is 3. The molecule has 7 heteroatoms. The highest BCUT2D eigenvalue weighted by Crippen LogP contribution is 2.28. The molecule has 170 valence electrons. The van der Waals surface area contributed by atoms with Crippen LogP contribution in [0.25, 0.3) is 0 Å². The third-order valence-corrected chi connectivity index (χ3v) is 5.68. The van der Waals surface area contributed by atoms with Gasteiger partial charge < -0.3 is 19.7 Å². The van der Waals surface area contributed by atoms with Crippen LogP contribution in [0.5, 0.6) is 0 Å². The van der Waals surface area contributed by atoms with Crippen molar-refractivity contribution in [3.05, 3.63) is 35.4 Å². The molecule has 1 aliphatic heterocycles. The van der Waals surface area contributed by atoms with Crippen molar-refractivity contribution in [2.45, 2.75) is 32.7 Å². The number of aliphatic imine (C=N–C) groups is 1. The van der Waals surface area contributed by atoms with Crippen molar-refractivity contribution in [2.24, 2.45) is 10.9 Å². The number of aryl methyl sites for hydroxylation is 1. The minimum Gasteiger partial charge on any atom is -0.379 e. The molecule has 1 atom stereocenters. The smallest absolute Gasteiger partial charge is 0.193 e. The summed E-state index contributed by atoms with van der Waals surface area (Å²) in [5.41, 5.74) is 2.62. The van der Waals surface area contributed by atoms with Gasteiger partial charge in [-0.05, 0) is 38.2 Å². The largest absolute Gasteiger partial charge is 0.379 e. The Kier molecular flexibility index (Phi) is 11.4. The molecule has 1 heterocycles. The molecule has 6 nitrogen and oxygen atoms in total. The first-order chi connectivity index (χ1) is 14.2. The van der Waals surface area contributed by atoms with Crippen molar-refractivity contribution < 1.29 is 9.47 Å². The van der Waals surface area contributed by atoms with E-state index >= 15 is 0 Å². The second-order valence-corrected chi connectivity index (χ2v) is 8.21. The molecule has 0 amide bonds. The highest BCUT2D eigenvalue weighted by molar-refractivity contribution is 14.0. The Morgan fingerprint density at radius 2 is 1.97 bits per heavy atom. The van der Waals surface area contributed by atoms with E-state index in [9.17, 15) is 0 Å². The van der Waals surface area contributed by atoms with Gasteiger partial charge in [-0.25, -0.2) is 0 Å². The predicted octanol–water partition coefficient (Wildman–Crippen LogP) is 3.31. The van der Waals surface area contributed by atoms with E-state index in [-0.39, 0.29) is 30.0 Å². The zero-order valence-corrected chi connectivity index (χ0v) is 21.1. The van der Waals surface area contributed by atoms with Crippen LogP contribution >= 0.6 is 24.0 Å². The summed E-state index contributed by atoms with van der Waals surface area (Å²) in [6.45, 7) is 11.9. The van der Waals surface area contributed by atoms with Crippen LogP contribution in [0.1, 0.15) is 36.9 Å². The average Bonchev–Trinajstić information content (AvgIpc) is 3.57. The van der Waals surface area contributed by atoms with E-state index < -0.39 is 0 Å². The third-order valence-electron chi connectivity index (χ3n) is 5.68. The lowest BCUT2D eigenvalue weighted by atomic mass is 10.0. The second-order valence-electron chi connectivity index (χ2n) is 8.21. The minimum absolute atomic E-state index is 0. The van der Waals surface area contributed by atoms with Crippen molar-refractivity contribution in [3.8, 4) is 0 Å². The fraction of sp³-hybridized carbons (Fsp3) is 0.696. The van der Waals surface area contributed by atoms with Crippen LogP contribution in [-0.2, 0) is 9.47 Å². The fourth-order valence-electron chi connectivity index (χ4n) is 3.59. The Hall–Kier alpha value is -0.900. The van der Waals surface area contributed by atoms with Gasteiger partial charge in [0.1, 0.15) is 0 Å². The summed E-state index contributed by atoms with van der Waals surface area (Å²) in [5.74, 6) is 1.76. The molecular weight excluding hydrogens is 491 g/mol. The number of guanidine groups is 1. The third kappa shape index (κ3) is 8.32. The van der Waals surface area contributed by atoms with E-state index in [1.165, 1.54) is 24.0 Å². The molecule has 0 bridgehead atoms. The minimum atomic E-state index is 0. The first kappa shape index (κ1) is 25.4. The maximum atomic E-state index is 5.81. The topological polar surface area (TPSA) is 49.3 Å². The quantitative estimate of drug-likeness (QED) is 0.218. The Balaban J connectivity index is 0.00000320. The Bertz CT molecular complexity index is 631. The van der Waals surface area contributed by atoms with Crippen LogP contribution in [0.2, 0.25) is 0 Å². The maximum absolute atomic E-state index is 5.81. The first-order valence-corrected chi connectivity index (χ1v) is 11.1. The number of hydrogen-bond acceptors (Lipinski definition) is 4. The summed E-state index contributed by atoms with van der Waals surface area (Å²) >= 11 is 0. The zero-order chi connectivity index (χ0) is 20.5. The molecular formula is C23H39IN4O2. The van der Waals surface area contributed by atoms with Crippen LogP contribution in [0.4, 0.5) is 0 Å². The zero-order valence-electron chi connectivity index (χ0n) is 18.8. The van der Waals surface area contributed by atoms with E-state index in [4.69, 9.17) is 14.5 Å². The van der Waals surface area contributed by atoms with Gasteiger partial charge >= 0.3 is 0 Å². The van der Waals surface area contributed by atoms with Crippen LogP contribution < -0.4 is 5.32 Å². The summed E-state index contributed by atoms with van der Waals surface area (Å²) in [4.78, 5) is 9.69. The van der Waals surface area contributed by atoms with E-state index in [1.54, 1.807) is 0 Å². The van der Waals surface area contributed by atoms with E-state index in [1.807, 2.05) is 0 Å². The molecule has 1 aliphatic carbocycles. The Labute approximate surface area is 199 Å². The summed E-state index contributed by atoms with van der Waals surface area (Å²) in [6.07, 6.45) is 2.67. The van der Waals surface area contributed by atoms with Gasteiger partial charge in [0.05, 0.1) is 32.4 Å². The van der Waals surface area contributed by atoms with E-state index in [0.717, 1.165) is 71.0 Å². The fourth-order valence-corrected chi connectivity index (χ4v) is 3.59. The van der Waals surface area contributed by atoms with E-state index in [0.29, 0.717) is 0 Å². The molecule has 0 spiro atoms. The number of benzene rings is 1. The van der Waals surface area contributed by atoms with Gasteiger partial charge in [-0.15, -0.1) is 24.0 Å². The molecule has 1 N–H and O–H groups in total. The van der Waals surface area contributed by atoms with Gasteiger partial charge in [-0.2, -0.15) is 0 Å². The first-order valence-electron chi connectivity index (χ1n) is 11.1. The highest BCUT2D eigenvalue weighted by Gasteiger charge is 2.23. The molecule has 0 aromatic heterocycles. The molecule has 1 unspecified atom stereocenters. The summed E-state index contributed by atoms with van der Waals surface area (Å²) in [5, 5.41) is 3.44. The number of nitrogens with one attached hydrogen (secondary N) is 1. The second kappa shape index (κ2) is 13.5. The average molecular weight is 530 g/mol. The van der Waals surface area contributed by atoms with Crippen LogP contribution in [0, 0.1) is 12.8 Å². The number of ether oxygens (including phenoxy) is 2. The molecule has 2 aliphatic rings. The molecule has 1 saturated carbocycles. The molecule has 1 aromatic rings. The highest BCUT2D eigenvalue weighted by atomic mass is 127. The summed E-state index contributed by atoms with van der Waals surface area (Å²) in [6, 6.07) is 9.15. The van der Waals surface area contributed by atoms with E-state index in [2.05, 4.69) is 60.3 Å². The van der Waals surface area contributed by atoms with Crippen molar-refractivity contribution >= 4 is 29.9 Å². The normalized spacial score (nSPS) is 18.6. The van der Waals surface area contributed by atoms with Crippen molar-refractivity contribution in [3.63, 3.8) is 0 Å². The van der Waals surface area contributed by atoms with Crippen LogP contribution in [0.3, 0.4) is 0 Å². The molecule has 3 rings (SSSR count). The number of hydrogen-bond donors (Lipinski definition) is 1. The number of morpholine rings is 1. The number of halogens is 1. The van der Waals surface area contributed by atoms with Gasteiger partial charge in [-0.1, -0.05) is 29.8 Å². The van der Waals surface area contributed by atoms with Crippen molar-refractivity contribution in [1.82, 2.24) is 15.1 Å². The molecule has 1 saturated heterocycles. The van der Waals surface area contributed by atoms with Crippen LogP contribution in [-0.4, -0.2) is 82.0 Å². The molecule has 30 heavy (non-hydrogen) atoms. The lowest BCUT2D eigenvalue weighted by Gasteiger charge is -2.34. The van der Waals surface area contributed by atoms with Gasteiger partial charge in [0.15, 0.2) is 5.96 Å². The number of likely N-dealkylation sites (N-methyl/N-ethyl adjacent to an activating group) is 1. The van der Waals surface area contributed by atoms with Crippen molar-refractivity contribution in [2.75, 3.05) is 66.2 Å².